The largest absolute Gasteiger partial charge is 0.444 e. The topological polar surface area (TPSA) is 64.1 Å². The molecule has 1 amide bonds. The number of hydrogen-bond donors (Lipinski definition) is 1. The van der Waals surface area contributed by atoms with Gasteiger partial charge in [-0.1, -0.05) is 0 Å². The fraction of sp³-hybridized carbons (Fsp3) is 0.357. The van der Waals surface area contributed by atoms with Crippen LogP contribution in [-0.2, 0) is 4.74 Å². The highest BCUT2D eigenvalue weighted by molar-refractivity contribution is 9.10. The van der Waals surface area contributed by atoms with E-state index in [1.807, 2.05) is 39.8 Å². The lowest BCUT2D eigenvalue weighted by molar-refractivity contribution is 0.0636. The van der Waals surface area contributed by atoms with Gasteiger partial charge in [0, 0.05) is 5.69 Å². The van der Waals surface area contributed by atoms with E-state index >= 15 is 0 Å². The zero-order chi connectivity index (χ0) is 14.9. The Morgan fingerprint density at radius 1 is 1.35 bits per heavy atom. The quantitative estimate of drug-likeness (QED) is 0.852. The number of aromatic nitrogens is 2. The molecule has 5 nitrogen and oxygen atoms in total. The number of nitrogens with one attached hydrogen (secondary N) is 1. The lowest BCUT2D eigenvalue weighted by atomic mass is 10.2. The Labute approximate surface area is 125 Å². The van der Waals surface area contributed by atoms with E-state index in [0.717, 1.165) is 11.2 Å². The molecule has 1 N–H and O–H groups in total. The van der Waals surface area contributed by atoms with Crippen LogP contribution in [0.25, 0.3) is 11.0 Å². The Bertz CT molecular complexity index is 665. The Morgan fingerprint density at radius 2 is 2.05 bits per heavy atom. The van der Waals surface area contributed by atoms with Gasteiger partial charge in [-0.2, -0.15) is 0 Å². The zero-order valence-electron chi connectivity index (χ0n) is 11.8. The normalized spacial score (nSPS) is 11.4. The van der Waals surface area contributed by atoms with Crippen molar-refractivity contribution in [2.24, 2.45) is 0 Å². The van der Waals surface area contributed by atoms with Crippen LogP contribution in [0.4, 0.5) is 10.5 Å². The summed E-state index contributed by atoms with van der Waals surface area (Å²) in [6.07, 6.45) is 1.06. The molecule has 0 saturated heterocycles. The maximum absolute atomic E-state index is 11.8. The van der Waals surface area contributed by atoms with Crippen LogP contribution in [0.15, 0.2) is 22.8 Å². The van der Waals surface area contributed by atoms with Gasteiger partial charge in [0.1, 0.15) is 11.1 Å². The predicted octanol–water partition coefficient (Wildman–Crippen LogP) is 4.05. The summed E-state index contributed by atoms with van der Waals surface area (Å²) in [6, 6.07) is 3.78. The van der Waals surface area contributed by atoms with E-state index in [0.29, 0.717) is 15.7 Å². The highest BCUT2D eigenvalue weighted by Crippen LogP contribution is 2.29. The lowest BCUT2D eigenvalue weighted by Gasteiger charge is -2.20. The molecule has 6 heteroatoms. The summed E-state index contributed by atoms with van der Waals surface area (Å²) in [5, 5.41) is 2.67. The minimum atomic E-state index is -0.546. The first-order valence-corrected chi connectivity index (χ1v) is 6.97. The maximum atomic E-state index is 11.8. The van der Waals surface area contributed by atoms with E-state index in [1.165, 1.54) is 0 Å². The van der Waals surface area contributed by atoms with Crippen LogP contribution in [0.1, 0.15) is 26.5 Å². The van der Waals surface area contributed by atoms with Crippen molar-refractivity contribution in [2.75, 3.05) is 5.32 Å². The number of halogens is 1. The molecular formula is C14H16BrN3O2. The first kappa shape index (κ1) is 14.7. The number of hydrogen-bond acceptors (Lipinski definition) is 4. The molecule has 0 saturated carbocycles. The monoisotopic (exact) mass is 337 g/mol. The molecule has 2 aromatic rings. The van der Waals surface area contributed by atoms with E-state index in [2.05, 4.69) is 31.2 Å². The van der Waals surface area contributed by atoms with Gasteiger partial charge in [0.2, 0.25) is 0 Å². The molecule has 0 aliphatic heterocycles. The first-order chi connectivity index (χ1) is 9.26. The number of carbonyl (C=O) groups is 1. The maximum Gasteiger partial charge on any atom is 0.412 e. The Morgan fingerprint density at radius 3 is 2.70 bits per heavy atom. The highest BCUT2D eigenvalue weighted by atomic mass is 79.9. The Kier molecular flexibility index (Phi) is 3.94. The minimum Gasteiger partial charge on any atom is -0.444 e. The third kappa shape index (κ3) is 3.45. The van der Waals surface area contributed by atoms with Crippen molar-refractivity contribution in [1.29, 1.82) is 0 Å². The number of ether oxygens (including phenoxy) is 1. The second kappa shape index (κ2) is 5.36. The molecule has 0 aliphatic carbocycles. The van der Waals surface area contributed by atoms with Crippen molar-refractivity contribution in [3.63, 3.8) is 0 Å². The molecule has 0 aromatic carbocycles. The van der Waals surface area contributed by atoms with Crippen molar-refractivity contribution in [3.05, 3.63) is 28.5 Å². The van der Waals surface area contributed by atoms with Crippen LogP contribution in [-0.4, -0.2) is 21.7 Å². The van der Waals surface area contributed by atoms with Gasteiger partial charge < -0.3 is 4.74 Å². The van der Waals surface area contributed by atoms with Crippen LogP contribution in [0, 0.1) is 6.92 Å². The van der Waals surface area contributed by atoms with Crippen LogP contribution >= 0.6 is 15.9 Å². The number of amides is 1. The van der Waals surface area contributed by atoms with Crippen LogP contribution < -0.4 is 5.32 Å². The standard InChI is InChI=1S/C14H16BrN3O2/c1-8-5-6-9-12(17-8)11(15)10(7-16-9)18-13(19)20-14(2,3)4/h5-7H,1-4H3,(H,18,19). The van der Waals surface area contributed by atoms with Crippen molar-refractivity contribution < 1.29 is 9.53 Å². The second-order valence-corrected chi connectivity index (χ2v) is 6.23. The van der Waals surface area contributed by atoms with E-state index < -0.39 is 11.7 Å². The first-order valence-electron chi connectivity index (χ1n) is 6.18. The fourth-order valence-electron chi connectivity index (χ4n) is 1.63. The van der Waals surface area contributed by atoms with Gasteiger partial charge >= 0.3 is 6.09 Å². The average molecular weight is 338 g/mol. The van der Waals surface area contributed by atoms with Crippen molar-refractivity contribution in [2.45, 2.75) is 33.3 Å². The highest BCUT2D eigenvalue weighted by Gasteiger charge is 2.18. The van der Waals surface area contributed by atoms with E-state index in [-0.39, 0.29) is 0 Å². The van der Waals surface area contributed by atoms with Gasteiger partial charge in [-0.15, -0.1) is 0 Å². The SMILES string of the molecule is Cc1ccc2ncc(NC(=O)OC(C)(C)C)c(Br)c2n1. The number of nitrogens with zero attached hydrogens (tertiary/aromatic N) is 2. The number of anilines is 1. The molecule has 0 bridgehead atoms. The molecule has 20 heavy (non-hydrogen) atoms. The second-order valence-electron chi connectivity index (χ2n) is 5.43. The molecule has 0 atom stereocenters. The summed E-state index contributed by atoms with van der Waals surface area (Å²) in [4.78, 5) is 20.5. The van der Waals surface area contributed by atoms with Gasteiger partial charge in [-0.25, -0.2) is 4.79 Å². The minimum absolute atomic E-state index is 0.521. The van der Waals surface area contributed by atoms with E-state index in [9.17, 15) is 4.79 Å². The van der Waals surface area contributed by atoms with Gasteiger partial charge in [0.15, 0.2) is 0 Å². The summed E-state index contributed by atoms with van der Waals surface area (Å²) in [5.41, 5.74) is 2.34. The molecule has 106 valence electrons. The summed E-state index contributed by atoms with van der Waals surface area (Å²) in [5.74, 6) is 0. The number of rotatable bonds is 1. The molecular weight excluding hydrogens is 322 g/mol. The molecule has 2 heterocycles. The Balaban J connectivity index is 2.31. The van der Waals surface area contributed by atoms with E-state index in [4.69, 9.17) is 4.74 Å². The summed E-state index contributed by atoms with van der Waals surface area (Å²) >= 11 is 3.45. The van der Waals surface area contributed by atoms with Gasteiger partial charge in [0.25, 0.3) is 0 Å². The summed E-state index contributed by atoms with van der Waals surface area (Å²) in [6.45, 7) is 7.33. The molecule has 2 aromatic heterocycles. The number of aryl methyl sites for hydroxylation is 1. The molecule has 0 unspecified atom stereocenters. The third-order valence-corrected chi connectivity index (χ3v) is 3.23. The van der Waals surface area contributed by atoms with Crippen molar-refractivity contribution in [3.8, 4) is 0 Å². The number of carbonyl (C=O) groups excluding carboxylic acids is 1. The summed E-state index contributed by atoms with van der Waals surface area (Å²) in [7, 11) is 0. The fourth-order valence-corrected chi connectivity index (χ4v) is 2.13. The lowest BCUT2D eigenvalue weighted by Crippen LogP contribution is -2.27. The molecule has 0 aliphatic rings. The number of pyridine rings is 2. The molecule has 0 radical (unpaired) electrons. The van der Waals surface area contributed by atoms with Gasteiger partial charge in [-0.05, 0) is 55.8 Å². The average Bonchev–Trinajstić information content (AvgIpc) is 2.31. The van der Waals surface area contributed by atoms with E-state index in [1.54, 1.807) is 6.20 Å². The van der Waals surface area contributed by atoms with Gasteiger partial charge in [-0.3, -0.25) is 15.3 Å². The molecule has 0 spiro atoms. The molecule has 0 fully saturated rings. The van der Waals surface area contributed by atoms with Crippen LogP contribution in [0.3, 0.4) is 0 Å². The smallest absolute Gasteiger partial charge is 0.412 e. The van der Waals surface area contributed by atoms with Crippen LogP contribution in [0.2, 0.25) is 0 Å². The predicted molar refractivity (Wildman–Crippen MR) is 81.8 cm³/mol. The zero-order valence-corrected chi connectivity index (χ0v) is 13.4. The van der Waals surface area contributed by atoms with Crippen molar-refractivity contribution in [1.82, 2.24) is 9.97 Å². The van der Waals surface area contributed by atoms with Crippen LogP contribution in [0.5, 0.6) is 0 Å². The molecule has 2 rings (SSSR count). The van der Waals surface area contributed by atoms with Gasteiger partial charge in [0.05, 0.1) is 21.9 Å². The Hall–Kier alpha value is -1.69. The third-order valence-electron chi connectivity index (χ3n) is 2.43. The number of fused-ring (bicyclic) bond motifs is 1. The van der Waals surface area contributed by atoms with Crippen molar-refractivity contribution >= 4 is 38.7 Å². The summed E-state index contributed by atoms with van der Waals surface area (Å²) < 4.78 is 5.91.